The Labute approximate surface area is 658 Å². The number of aliphatic hydroxyl groups is 21. The summed E-state index contributed by atoms with van der Waals surface area (Å²) in [7, 11) is 0. The standard InChI is InChI=1S/C77H143NO34/c1-3-5-7-9-11-13-15-17-18-19-20-21-22-23-24-26-28-30-32-34-36-46(84)71(100)78-44(53(89)45(83)35-33-31-29-27-25-16-14-12-10-8-6-4-2)41-101-72-60(96)57(93)55(91)52(105-72)43-103-76-68(54(90)50(88)42-102-76)110-75-63(99)67(56(92)51(40-82)104-75)109-77-70(112-74-62(98)59(95)65(107-74)48(86)38-80)69(66(108-77)49(87)39-81)111-73-61(97)58(94)64(106-73)47(85)37-79/h44-70,72-77,79-99H,3-43H2,1-2H3,(H,78,100)/t44-,45+,46+,47-,48+,49-,50-,51+,52+,53-,54-,55+,56-,57-,58+,59+,60+,61+,62+,63+,64-,65-,66-,67-,68+,69-,70+,72+,73+,74+,75+,76+,77-/m0/s1. The van der Waals surface area contributed by atoms with Crippen molar-refractivity contribution in [3.05, 3.63) is 0 Å². The van der Waals surface area contributed by atoms with Crippen LogP contribution in [-0.4, -0.2) is 362 Å². The maximum absolute atomic E-state index is 13.7. The van der Waals surface area contributed by atoms with Crippen LogP contribution in [0.15, 0.2) is 0 Å². The lowest BCUT2D eigenvalue weighted by Crippen LogP contribution is -2.64. The van der Waals surface area contributed by atoms with Crippen molar-refractivity contribution in [1.29, 1.82) is 0 Å². The summed E-state index contributed by atoms with van der Waals surface area (Å²) in [6.07, 6.45) is -24.2. The summed E-state index contributed by atoms with van der Waals surface area (Å²) >= 11 is 0. The van der Waals surface area contributed by atoms with Crippen molar-refractivity contribution in [2.75, 3.05) is 46.2 Å². The molecule has 0 spiro atoms. The summed E-state index contributed by atoms with van der Waals surface area (Å²) in [5.74, 6) is -0.856. The monoisotopic (exact) mass is 1630 g/mol. The second kappa shape index (κ2) is 53.7. The van der Waals surface area contributed by atoms with Crippen molar-refractivity contribution >= 4 is 5.91 Å². The predicted molar refractivity (Wildman–Crippen MR) is 395 cm³/mol. The average molecular weight is 1630 g/mol. The highest BCUT2D eigenvalue weighted by atomic mass is 16.8. The molecule has 660 valence electrons. The molecule has 112 heavy (non-hydrogen) atoms. The molecule has 33 atom stereocenters. The molecule has 6 aliphatic heterocycles. The molecule has 0 saturated carbocycles. The molecule has 0 aromatic rings. The van der Waals surface area contributed by atoms with Crippen LogP contribution in [0.4, 0.5) is 0 Å². The van der Waals surface area contributed by atoms with Gasteiger partial charge in [0, 0.05) is 0 Å². The van der Waals surface area contributed by atoms with Gasteiger partial charge in [0.2, 0.25) is 5.91 Å². The fourth-order valence-electron chi connectivity index (χ4n) is 15.3. The largest absolute Gasteiger partial charge is 0.394 e. The van der Waals surface area contributed by atoms with E-state index in [9.17, 15) is 112 Å². The van der Waals surface area contributed by atoms with E-state index < -0.39 is 255 Å². The summed E-state index contributed by atoms with van der Waals surface area (Å²) in [5, 5.41) is 233. The molecule has 0 aliphatic carbocycles. The molecule has 1 amide bonds. The van der Waals surface area contributed by atoms with E-state index in [1.165, 1.54) is 128 Å². The third-order valence-electron chi connectivity index (χ3n) is 22.5. The molecule has 0 bridgehead atoms. The Balaban J connectivity index is 1.08. The third-order valence-corrected chi connectivity index (χ3v) is 22.5. The Hall–Kier alpha value is -1.85. The molecule has 22 N–H and O–H groups in total. The van der Waals surface area contributed by atoms with Gasteiger partial charge in [-0.05, 0) is 12.8 Å². The Morgan fingerprint density at radius 1 is 0.366 bits per heavy atom. The number of amides is 1. The molecular weight excluding hydrogens is 1480 g/mol. The number of carbonyl (C=O) groups excluding carboxylic acids is 1. The lowest BCUT2D eigenvalue weighted by atomic mass is 9.98. The molecular formula is C77H143NO34. The average Bonchev–Trinajstić information content (AvgIpc) is 1.60. The molecule has 6 saturated heterocycles. The Kier molecular flexibility index (Phi) is 47.5. The van der Waals surface area contributed by atoms with Crippen molar-refractivity contribution < 1.29 is 169 Å². The normalized spacial score (nSPS) is 35.7. The van der Waals surface area contributed by atoms with Gasteiger partial charge in [0.05, 0.1) is 58.4 Å². The number of carbonyl (C=O) groups is 1. The SMILES string of the molecule is CCCCCCCCCCCCCCCCCCCCCC[C@@H](O)C(=O)N[C@@H](CO[C@@H]1O[C@H](CO[C@H]2OC[C@H](O)[C@H](O)[C@H]2O[C@H]2O[C@H](CO)[C@H](O)[C@H](O[C@@H]3O[C@@H]([C@@H](O)CO)[C@H](O[C@H]4O[C@@H]([C@@H](O)CO)[C@H](O)[C@H]4O)[C@H]3O[C@H]3O[C@@H]([C@H](O)CO)[C@H](O)[C@H]3O)[C@H]2O)[C@@H](O)[C@H](O)[C@H]1O)[C@H](O)[C@H](O)CCCCCCCCCCCCCC. The highest BCUT2D eigenvalue weighted by Crippen LogP contribution is 2.40. The van der Waals surface area contributed by atoms with E-state index >= 15 is 0 Å². The maximum Gasteiger partial charge on any atom is 0.249 e. The number of hydrogen-bond acceptors (Lipinski definition) is 34. The minimum Gasteiger partial charge on any atom is -0.394 e. The minimum absolute atomic E-state index is 0.109. The zero-order valence-corrected chi connectivity index (χ0v) is 65.7. The highest BCUT2D eigenvalue weighted by molar-refractivity contribution is 5.80. The number of rotatable bonds is 59. The van der Waals surface area contributed by atoms with E-state index in [4.69, 9.17) is 56.8 Å². The van der Waals surface area contributed by atoms with Gasteiger partial charge in [0.25, 0.3) is 0 Å². The van der Waals surface area contributed by atoms with E-state index in [2.05, 4.69) is 19.2 Å². The van der Waals surface area contributed by atoms with Crippen LogP contribution in [0.5, 0.6) is 0 Å². The van der Waals surface area contributed by atoms with Gasteiger partial charge in [-0.25, -0.2) is 0 Å². The van der Waals surface area contributed by atoms with E-state index in [1.807, 2.05) is 0 Å². The summed E-state index contributed by atoms with van der Waals surface area (Å²) in [4.78, 5) is 13.7. The van der Waals surface area contributed by atoms with Gasteiger partial charge in [-0.15, -0.1) is 0 Å². The van der Waals surface area contributed by atoms with Gasteiger partial charge in [0.1, 0.15) is 153 Å². The molecule has 0 radical (unpaired) electrons. The number of nitrogens with one attached hydrogen (secondary N) is 1. The second-order valence-corrected chi connectivity index (χ2v) is 31.5. The van der Waals surface area contributed by atoms with E-state index in [0.29, 0.717) is 12.8 Å². The van der Waals surface area contributed by atoms with Crippen LogP contribution >= 0.6 is 0 Å². The first kappa shape index (κ1) is 99.0. The van der Waals surface area contributed by atoms with Gasteiger partial charge in [0.15, 0.2) is 37.7 Å². The zero-order valence-electron chi connectivity index (χ0n) is 65.7. The van der Waals surface area contributed by atoms with Gasteiger partial charge in [-0.2, -0.15) is 0 Å². The predicted octanol–water partition coefficient (Wildman–Crippen LogP) is -1.57. The number of unbranched alkanes of at least 4 members (excludes halogenated alkanes) is 30. The van der Waals surface area contributed by atoms with Gasteiger partial charge in [-0.3, -0.25) is 4.79 Å². The lowest BCUT2D eigenvalue weighted by molar-refractivity contribution is -0.374. The fourth-order valence-corrected chi connectivity index (χ4v) is 15.3. The van der Waals surface area contributed by atoms with Crippen molar-refractivity contribution in [2.45, 2.75) is 435 Å². The summed E-state index contributed by atoms with van der Waals surface area (Å²) in [6.45, 7) is -1.84. The molecule has 0 aromatic heterocycles. The zero-order chi connectivity index (χ0) is 81.8. The third kappa shape index (κ3) is 30.7. The molecule has 35 heteroatoms. The second-order valence-electron chi connectivity index (χ2n) is 31.5. The first-order valence-electron chi connectivity index (χ1n) is 41.9. The highest BCUT2D eigenvalue weighted by Gasteiger charge is 2.60. The van der Waals surface area contributed by atoms with Crippen LogP contribution in [-0.2, 0) is 61.6 Å². The van der Waals surface area contributed by atoms with E-state index in [-0.39, 0.29) is 12.8 Å². The van der Waals surface area contributed by atoms with Gasteiger partial charge >= 0.3 is 0 Å². The first-order valence-corrected chi connectivity index (χ1v) is 41.9. The molecule has 0 unspecified atom stereocenters. The van der Waals surface area contributed by atoms with Gasteiger partial charge < -0.3 is 169 Å². The lowest BCUT2D eigenvalue weighted by Gasteiger charge is -2.46. The van der Waals surface area contributed by atoms with Gasteiger partial charge in [-0.1, -0.05) is 219 Å². The number of hydrogen-bond donors (Lipinski definition) is 22. The Morgan fingerprint density at radius 3 is 1.22 bits per heavy atom. The van der Waals surface area contributed by atoms with Crippen molar-refractivity contribution in [2.24, 2.45) is 0 Å². The van der Waals surface area contributed by atoms with Crippen LogP contribution in [0.1, 0.15) is 232 Å². The van der Waals surface area contributed by atoms with Crippen LogP contribution in [0.3, 0.4) is 0 Å². The molecule has 6 rings (SSSR count). The number of ether oxygens (including phenoxy) is 12. The Bertz CT molecular complexity index is 2430. The first-order chi connectivity index (χ1) is 53.9. The van der Waals surface area contributed by atoms with Crippen molar-refractivity contribution in [3.8, 4) is 0 Å². The van der Waals surface area contributed by atoms with Crippen LogP contribution < -0.4 is 5.32 Å². The fraction of sp³-hybridized carbons (Fsp3) is 0.987. The van der Waals surface area contributed by atoms with Crippen LogP contribution in [0, 0.1) is 0 Å². The van der Waals surface area contributed by atoms with E-state index in [0.717, 1.165) is 64.2 Å². The Morgan fingerprint density at radius 2 is 0.759 bits per heavy atom. The van der Waals surface area contributed by atoms with E-state index in [1.54, 1.807) is 0 Å². The molecule has 0 aromatic carbocycles. The molecule has 6 aliphatic rings. The maximum atomic E-state index is 13.7. The minimum atomic E-state index is -2.30. The molecule has 35 nitrogen and oxygen atoms in total. The number of aliphatic hydroxyl groups excluding tert-OH is 21. The van der Waals surface area contributed by atoms with Crippen LogP contribution in [0.25, 0.3) is 0 Å². The molecule has 6 heterocycles. The van der Waals surface area contributed by atoms with Crippen molar-refractivity contribution in [1.82, 2.24) is 5.32 Å². The molecule has 6 fully saturated rings. The van der Waals surface area contributed by atoms with Crippen LogP contribution in [0.2, 0.25) is 0 Å². The summed E-state index contributed by atoms with van der Waals surface area (Å²) in [6, 6.07) is -1.43. The topological polar surface area (TPSA) is 565 Å². The summed E-state index contributed by atoms with van der Waals surface area (Å²) < 4.78 is 70.6. The summed E-state index contributed by atoms with van der Waals surface area (Å²) in [5.41, 5.74) is 0. The smallest absolute Gasteiger partial charge is 0.249 e. The van der Waals surface area contributed by atoms with Crippen molar-refractivity contribution in [3.63, 3.8) is 0 Å². The quantitative estimate of drug-likeness (QED) is 0.0306.